The molecule has 0 aliphatic rings. The highest BCUT2D eigenvalue weighted by atomic mass is 35.5. The summed E-state index contributed by atoms with van der Waals surface area (Å²) in [6.45, 7) is 3.97. The van der Waals surface area contributed by atoms with Crippen molar-refractivity contribution in [3.05, 3.63) is 59.6 Å². The van der Waals surface area contributed by atoms with E-state index in [4.69, 9.17) is 11.6 Å². The van der Waals surface area contributed by atoms with Crippen LogP contribution < -0.4 is 10.6 Å². The average molecular weight is 358 g/mol. The minimum atomic E-state index is -0.451. The molecule has 5 nitrogen and oxygen atoms in total. The number of rotatable bonds is 5. The minimum Gasteiger partial charge on any atom is -0.352 e. The smallest absolute Gasteiger partial charge is 0.225 e. The molecular weight excluding hydrogens is 341 g/mol. The van der Waals surface area contributed by atoms with Gasteiger partial charge in [0.1, 0.15) is 11.6 Å². The molecule has 25 heavy (non-hydrogen) atoms. The van der Waals surface area contributed by atoms with Gasteiger partial charge in [-0.3, -0.25) is 4.98 Å². The van der Waals surface area contributed by atoms with E-state index in [9.17, 15) is 4.39 Å². The van der Waals surface area contributed by atoms with E-state index in [1.165, 1.54) is 6.07 Å². The number of nitrogens with one attached hydrogen (secondary N) is 2. The number of aromatic nitrogens is 3. The highest BCUT2D eigenvalue weighted by Crippen LogP contribution is 2.29. The van der Waals surface area contributed by atoms with E-state index in [1.54, 1.807) is 30.6 Å². The van der Waals surface area contributed by atoms with Gasteiger partial charge in [-0.25, -0.2) is 9.37 Å². The van der Waals surface area contributed by atoms with Crippen LogP contribution in [-0.2, 0) is 0 Å². The lowest BCUT2D eigenvalue weighted by Gasteiger charge is -2.14. The summed E-state index contributed by atoms with van der Waals surface area (Å²) >= 11 is 6.09. The van der Waals surface area contributed by atoms with Crippen molar-refractivity contribution in [3.63, 3.8) is 0 Å². The summed E-state index contributed by atoms with van der Waals surface area (Å²) in [7, 11) is 0. The zero-order valence-corrected chi connectivity index (χ0v) is 14.5. The predicted molar refractivity (Wildman–Crippen MR) is 98.7 cm³/mol. The van der Waals surface area contributed by atoms with Gasteiger partial charge in [-0.15, -0.1) is 0 Å². The molecule has 0 spiro atoms. The van der Waals surface area contributed by atoms with Crippen LogP contribution in [0.4, 0.5) is 21.8 Å². The number of halogens is 2. The first kappa shape index (κ1) is 17.1. The van der Waals surface area contributed by atoms with Gasteiger partial charge < -0.3 is 10.6 Å². The third-order valence-corrected chi connectivity index (χ3v) is 3.63. The summed E-state index contributed by atoms with van der Waals surface area (Å²) in [6.07, 6.45) is 3.40. The Kier molecular flexibility index (Phi) is 5.09. The Morgan fingerprint density at radius 2 is 1.96 bits per heavy atom. The number of pyridine rings is 1. The second-order valence-corrected chi connectivity index (χ2v) is 6.13. The molecule has 2 N–H and O–H groups in total. The molecule has 128 valence electrons. The van der Waals surface area contributed by atoms with Gasteiger partial charge in [0.05, 0.1) is 16.4 Å². The Bertz CT molecular complexity index is 850. The molecule has 0 unspecified atom stereocenters. The number of hydrogen-bond acceptors (Lipinski definition) is 5. The molecule has 2 aromatic heterocycles. The fourth-order valence-corrected chi connectivity index (χ4v) is 2.45. The molecule has 3 rings (SSSR count). The summed E-state index contributed by atoms with van der Waals surface area (Å²) in [5, 5.41) is 6.38. The molecule has 0 aliphatic carbocycles. The van der Waals surface area contributed by atoms with Crippen molar-refractivity contribution in [2.75, 3.05) is 10.6 Å². The highest BCUT2D eigenvalue weighted by Gasteiger charge is 2.12. The van der Waals surface area contributed by atoms with E-state index in [-0.39, 0.29) is 16.8 Å². The largest absolute Gasteiger partial charge is 0.352 e. The summed E-state index contributed by atoms with van der Waals surface area (Å²) in [4.78, 5) is 13.0. The van der Waals surface area contributed by atoms with Gasteiger partial charge in [-0.05, 0) is 38.1 Å². The van der Waals surface area contributed by atoms with Crippen LogP contribution in [0, 0.1) is 5.82 Å². The van der Waals surface area contributed by atoms with Gasteiger partial charge in [0.25, 0.3) is 0 Å². The standard InChI is InChI=1S/C18H17ClFN5/c1-11(2)22-18-23-15(12-5-4-8-21-10-12)9-16(25-18)24-17-13(19)6-3-7-14(17)20/h3-11H,1-2H3,(H2,22,23,24,25). The summed E-state index contributed by atoms with van der Waals surface area (Å²) in [6, 6.07) is 10.1. The predicted octanol–water partition coefficient (Wildman–Crippen LogP) is 4.90. The van der Waals surface area contributed by atoms with E-state index < -0.39 is 5.82 Å². The van der Waals surface area contributed by atoms with Crippen molar-refractivity contribution in [2.24, 2.45) is 0 Å². The fourth-order valence-electron chi connectivity index (χ4n) is 2.24. The summed E-state index contributed by atoms with van der Waals surface area (Å²) in [5.74, 6) is 0.419. The first-order valence-electron chi connectivity index (χ1n) is 7.80. The molecule has 0 aliphatic heterocycles. The van der Waals surface area contributed by atoms with Gasteiger partial charge in [-0.1, -0.05) is 17.7 Å². The van der Waals surface area contributed by atoms with Crippen LogP contribution in [-0.4, -0.2) is 21.0 Å². The van der Waals surface area contributed by atoms with Crippen molar-refractivity contribution in [3.8, 4) is 11.3 Å². The van der Waals surface area contributed by atoms with Crippen LogP contribution in [0.1, 0.15) is 13.8 Å². The minimum absolute atomic E-state index is 0.147. The SMILES string of the molecule is CC(C)Nc1nc(Nc2c(F)cccc2Cl)cc(-c2cccnc2)n1. The molecule has 0 fully saturated rings. The van der Waals surface area contributed by atoms with Crippen molar-refractivity contribution in [1.82, 2.24) is 15.0 Å². The quantitative estimate of drug-likeness (QED) is 0.680. The van der Waals surface area contributed by atoms with Crippen molar-refractivity contribution < 1.29 is 4.39 Å². The zero-order chi connectivity index (χ0) is 17.8. The van der Waals surface area contributed by atoms with Crippen molar-refractivity contribution in [1.29, 1.82) is 0 Å². The molecule has 3 aromatic rings. The number of benzene rings is 1. The Morgan fingerprint density at radius 1 is 1.12 bits per heavy atom. The first-order valence-corrected chi connectivity index (χ1v) is 8.18. The molecule has 0 atom stereocenters. The van der Waals surface area contributed by atoms with Crippen molar-refractivity contribution in [2.45, 2.75) is 19.9 Å². The van der Waals surface area contributed by atoms with Crippen LogP contribution in [0.5, 0.6) is 0 Å². The van der Waals surface area contributed by atoms with E-state index in [1.807, 2.05) is 26.0 Å². The van der Waals surface area contributed by atoms with Crippen LogP contribution in [0.3, 0.4) is 0 Å². The Hall–Kier alpha value is -2.73. The molecule has 0 saturated heterocycles. The normalized spacial score (nSPS) is 10.8. The van der Waals surface area contributed by atoms with E-state index in [0.29, 0.717) is 17.5 Å². The maximum atomic E-state index is 14.1. The fraction of sp³-hybridized carbons (Fsp3) is 0.167. The van der Waals surface area contributed by atoms with E-state index in [2.05, 4.69) is 25.6 Å². The topological polar surface area (TPSA) is 62.7 Å². The molecule has 0 saturated carbocycles. The van der Waals surface area contributed by atoms with Crippen LogP contribution in [0.25, 0.3) is 11.3 Å². The monoisotopic (exact) mass is 357 g/mol. The van der Waals surface area contributed by atoms with E-state index >= 15 is 0 Å². The number of para-hydroxylation sites is 1. The molecule has 1 aromatic carbocycles. The Morgan fingerprint density at radius 3 is 2.64 bits per heavy atom. The maximum Gasteiger partial charge on any atom is 0.225 e. The van der Waals surface area contributed by atoms with Gasteiger partial charge >= 0.3 is 0 Å². The molecule has 0 bridgehead atoms. The van der Waals surface area contributed by atoms with E-state index in [0.717, 1.165) is 5.56 Å². The molecule has 0 radical (unpaired) electrons. The second kappa shape index (κ2) is 7.44. The average Bonchev–Trinajstić information content (AvgIpc) is 2.58. The van der Waals surface area contributed by atoms with Crippen LogP contribution in [0.15, 0.2) is 48.8 Å². The van der Waals surface area contributed by atoms with Gasteiger partial charge in [0.2, 0.25) is 5.95 Å². The van der Waals surface area contributed by atoms with Gasteiger partial charge in [0, 0.05) is 30.1 Å². The maximum absolute atomic E-state index is 14.1. The molecular formula is C18H17ClFN5. The van der Waals surface area contributed by atoms with Gasteiger partial charge in [0.15, 0.2) is 0 Å². The van der Waals surface area contributed by atoms with Crippen LogP contribution >= 0.6 is 11.6 Å². The lowest BCUT2D eigenvalue weighted by Crippen LogP contribution is -2.13. The Balaban J connectivity index is 2.03. The number of anilines is 3. The van der Waals surface area contributed by atoms with Gasteiger partial charge in [-0.2, -0.15) is 4.98 Å². The highest BCUT2D eigenvalue weighted by molar-refractivity contribution is 6.33. The zero-order valence-electron chi connectivity index (χ0n) is 13.8. The second-order valence-electron chi connectivity index (χ2n) is 5.72. The lowest BCUT2D eigenvalue weighted by atomic mass is 10.2. The Labute approximate surface area is 150 Å². The molecule has 0 amide bonds. The third kappa shape index (κ3) is 4.22. The number of hydrogen-bond donors (Lipinski definition) is 2. The first-order chi connectivity index (χ1) is 12.0. The molecule has 7 heteroatoms. The summed E-state index contributed by atoms with van der Waals surface area (Å²) in [5.41, 5.74) is 1.68. The number of nitrogens with zero attached hydrogens (tertiary/aromatic N) is 3. The summed E-state index contributed by atoms with van der Waals surface area (Å²) < 4.78 is 14.1. The lowest BCUT2D eigenvalue weighted by molar-refractivity contribution is 0.632. The molecule has 2 heterocycles. The van der Waals surface area contributed by atoms with Crippen LogP contribution in [0.2, 0.25) is 5.02 Å². The third-order valence-electron chi connectivity index (χ3n) is 3.32. The van der Waals surface area contributed by atoms with Crippen molar-refractivity contribution >= 4 is 29.1 Å².